The third-order valence-corrected chi connectivity index (χ3v) is 5.64. The number of rotatable bonds is 4. The van der Waals surface area contributed by atoms with E-state index in [4.69, 9.17) is 4.74 Å². The average molecular weight is 371 g/mol. The third kappa shape index (κ3) is 3.23. The molecule has 4 rings (SSSR count). The van der Waals surface area contributed by atoms with Gasteiger partial charge in [0.1, 0.15) is 9.71 Å². The maximum atomic E-state index is 12.7. The van der Waals surface area contributed by atoms with Gasteiger partial charge in [-0.15, -0.1) is 11.3 Å². The molecule has 7 nitrogen and oxygen atoms in total. The van der Waals surface area contributed by atoms with Crippen molar-refractivity contribution in [2.75, 3.05) is 33.8 Å². The number of carbonyl (C=O) groups excluding carboxylic acids is 1. The van der Waals surface area contributed by atoms with Crippen LogP contribution in [-0.2, 0) is 11.3 Å². The monoisotopic (exact) mass is 371 g/mol. The molecule has 8 heteroatoms. The van der Waals surface area contributed by atoms with E-state index in [1.807, 2.05) is 18.3 Å². The molecule has 0 radical (unpaired) electrons. The predicted molar refractivity (Wildman–Crippen MR) is 100 cm³/mol. The SMILES string of the molecule is CN(C)C(=O)c1sc2ncccc2c1C1CN(Cc2cnc[nH]2)CCO1. The molecule has 0 aromatic carbocycles. The van der Waals surface area contributed by atoms with E-state index in [9.17, 15) is 4.79 Å². The van der Waals surface area contributed by atoms with Gasteiger partial charge in [-0.3, -0.25) is 9.69 Å². The van der Waals surface area contributed by atoms with E-state index in [2.05, 4.69) is 19.9 Å². The predicted octanol–water partition coefficient (Wildman–Crippen LogP) is 2.29. The Morgan fingerprint density at radius 2 is 2.38 bits per heavy atom. The van der Waals surface area contributed by atoms with Crippen molar-refractivity contribution in [2.24, 2.45) is 0 Å². The van der Waals surface area contributed by atoms with Gasteiger partial charge >= 0.3 is 0 Å². The van der Waals surface area contributed by atoms with Crippen LogP contribution in [0.25, 0.3) is 10.2 Å². The Hall–Kier alpha value is -2.29. The number of ether oxygens (including phenoxy) is 1. The Balaban J connectivity index is 1.68. The van der Waals surface area contributed by atoms with Gasteiger partial charge in [-0.2, -0.15) is 0 Å². The molecule has 0 saturated carbocycles. The molecule has 3 aromatic heterocycles. The van der Waals surface area contributed by atoms with Crippen LogP contribution in [0.2, 0.25) is 0 Å². The zero-order valence-corrected chi connectivity index (χ0v) is 15.6. The van der Waals surface area contributed by atoms with Crippen molar-refractivity contribution < 1.29 is 9.53 Å². The highest BCUT2D eigenvalue weighted by molar-refractivity contribution is 7.20. The molecule has 1 unspecified atom stereocenters. The summed E-state index contributed by atoms with van der Waals surface area (Å²) in [6.07, 6.45) is 5.15. The number of aromatic amines is 1. The number of pyridine rings is 1. The van der Waals surface area contributed by atoms with Gasteiger partial charge in [0, 0.05) is 62.8 Å². The lowest BCUT2D eigenvalue weighted by Crippen LogP contribution is -2.38. The fraction of sp³-hybridized carbons (Fsp3) is 0.389. The van der Waals surface area contributed by atoms with Crippen molar-refractivity contribution in [1.29, 1.82) is 0 Å². The summed E-state index contributed by atoms with van der Waals surface area (Å²) < 4.78 is 6.09. The summed E-state index contributed by atoms with van der Waals surface area (Å²) in [5.74, 6) is -0.00251. The normalized spacial score (nSPS) is 18.3. The minimum atomic E-state index is -0.150. The second kappa shape index (κ2) is 7.14. The van der Waals surface area contributed by atoms with Crippen LogP contribution in [0.3, 0.4) is 0 Å². The van der Waals surface area contributed by atoms with Gasteiger partial charge in [-0.25, -0.2) is 9.97 Å². The van der Waals surface area contributed by atoms with Gasteiger partial charge < -0.3 is 14.6 Å². The first-order valence-electron chi connectivity index (χ1n) is 8.53. The van der Waals surface area contributed by atoms with Crippen LogP contribution in [0.15, 0.2) is 30.9 Å². The number of amides is 1. The van der Waals surface area contributed by atoms with E-state index in [0.717, 1.165) is 46.0 Å². The summed E-state index contributed by atoms with van der Waals surface area (Å²) in [7, 11) is 3.55. The number of morpholine rings is 1. The highest BCUT2D eigenvalue weighted by atomic mass is 32.1. The molecule has 136 valence electrons. The van der Waals surface area contributed by atoms with Gasteiger partial charge in [-0.05, 0) is 6.07 Å². The standard InChI is InChI=1S/C18H21N5O2S/c1-22(2)18(24)16-15(13-4-3-5-20-17(13)26-16)14-10-23(6-7-25-14)9-12-8-19-11-21-12/h3-5,8,11,14H,6-7,9-10H2,1-2H3,(H,19,21). The summed E-state index contributed by atoms with van der Waals surface area (Å²) in [6.45, 7) is 3.00. The van der Waals surface area contributed by atoms with Crippen LogP contribution >= 0.6 is 11.3 Å². The molecule has 1 saturated heterocycles. The molecule has 1 aliphatic rings. The summed E-state index contributed by atoms with van der Waals surface area (Å²) in [6, 6.07) is 3.94. The molecule has 0 aliphatic carbocycles. The first kappa shape index (κ1) is 17.1. The van der Waals surface area contributed by atoms with Gasteiger partial charge in [-0.1, -0.05) is 6.07 Å². The van der Waals surface area contributed by atoms with E-state index in [1.165, 1.54) is 11.3 Å². The molecule has 1 atom stereocenters. The van der Waals surface area contributed by atoms with Crippen LogP contribution in [0.5, 0.6) is 0 Å². The number of nitrogens with zero attached hydrogens (tertiary/aromatic N) is 4. The molecular weight excluding hydrogens is 350 g/mol. The molecule has 1 amide bonds. The van der Waals surface area contributed by atoms with Gasteiger partial charge in [0.25, 0.3) is 5.91 Å². The number of carbonyl (C=O) groups is 1. The number of aromatic nitrogens is 3. The maximum Gasteiger partial charge on any atom is 0.263 e. The van der Waals surface area contributed by atoms with Crippen molar-refractivity contribution >= 4 is 27.5 Å². The number of imidazole rings is 1. The van der Waals surface area contributed by atoms with Crippen molar-refractivity contribution in [2.45, 2.75) is 12.6 Å². The molecule has 1 N–H and O–H groups in total. The number of fused-ring (bicyclic) bond motifs is 1. The van der Waals surface area contributed by atoms with Crippen LogP contribution in [0, 0.1) is 0 Å². The van der Waals surface area contributed by atoms with E-state index >= 15 is 0 Å². The second-order valence-electron chi connectivity index (χ2n) is 6.57. The lowest BCUT2D eigenvalue weighted by molar-refractivity contribution is -0.0327. The lowest BCUT2D eigenvalue weighted by atomic mass is 10.0. The molecule has 1 aliphatic heterocycles. The number of thiophene rings is 1. The number of H-pyrrole nitrogens is 1. The van der Waals surface area contributed by atoms with Crippen LogP contribution in [0.1, 0.15) is 27.0 Å². The molecule has 0 bridgehead atoms. The summed E-state index contributed by atoms with van der Waals surface area (Å²) in [5, 5.41) is 1.01. The van der Waals surface area contributed by atoms with Gasteiger partial charge in [0.15, 0.2) is 0 Å². The average Bonchev–Trinajstić information content (AvgIpc) is 3.28. The summed E-state index contributed by atoms with van der Waals surface area (Å²) in [4.78, 5) is 29.9. The first-order chi connectivity index (χ1) is 12.6. The quantitative estimate of drug-likeness (QED) is 0.762. The highest BCUT2D eigenvalue weighted by Gasteiger charge is 2.30. The Morgan fingerprint density at radius 1 is 1.50 bits per heavy atom. The van der Waals surface area contributed by atoms with Crippen molar-refractivity contribution in [3.8, 4) is 0 Å². The van der Waals surface area contributed by atoms with Crippen LogP contribution in [-0.4, -0.2) is 64.5 Å². The summed E-state index contributed by atoms with van der Waals surface area (Å²) in [5.41, 5.74) is 2.04. The smallest absolute Gasteiger partial charge is 0.263 e. The van der Waals surface area contributed by atoms with Crippen molar-refractivity contribution in [1.82, 2.24) is 24.8 Å². The second-order valence-corrected chi connectivity index (χ2v) is 7.57. The zero-order chi connectivity index (χ0) is 18.1. The highest BCUT2D eigenvalue weighted by Crippen LogP contribution is 2.37. The molecule has 26 heavy (non-hydrogen) atoms. The lowest BCUT2D eigenvalue weighted by Gasteiger charge is -2.33. The van der Waals surface area contributed by atoms with Gasteiger partial charge in [0.05, 0.1) is 19.0 Å². The van der Waals surface area contributed by atoms with E-state index in [1.54, 1.807) is 31.5 Å². The number of hydrogen-bond acceptors (Lipinski definition) is 6. The van der Waals surface area contributed by atoms with Crippen LogP contribution < -0.4 is 0 Å². The minimum absolute atomic E-state index is 0.00251. The number of nitrogens with one attached hydrogen (secondary N) is 1. The molecule has 3 aromatic rings. The first-order valence-corrected chi connectivity index (χ1v) is 9.35. The molecule has 1 fully saturated rings. The fourth-order valence-corrected chi connectivity index (χ4v) is 4.48. The van der Waals surface area contributed by atoms with Crippen LogP contribution in [0.4, 0.5) is 0 Å². The van der Waals surface area contributed by atoms with E-state index in [-0.39, 0.29) is 12.0 Å². The van der Waals surface area contributed by atoms with Gasteiger partial charge in [0.2, 0.25) is 0 Å². The molecular formula is C18H21N5O2S. The maximum absolute atomic E-state index is 12.7. The minimum Gasteiger partial charge on any atom is -0.371 e. The van der Waals surface area contributed by atoms with E-state index in [0.29, 0.717) is 6.61 Å². The Kier molecular flexibility index (Phi) is 4.71. The third-order valence-electron chi connectivity index (χ3n) is 4.53. The Bertz CT molecular complexity index is 906. The summed E-state index contributed by atoms with van der Waals surface area (Å²) >= 11 is 1.44. The fourth-order valence-electron chi connectivity index (χ4n) is 3.27. The Morgan fingerprint density at radius 3 is 3.15 bits per heavy atom. The largest absolute Gasteiger partial charge is 0.371 e. The van der Waals surface area contributed by atoms with Crippen molar-refractivity contribution in [3.05, 3.63) is 47.0 Å². The topological polar surface area (TPSA) is 74.4 Å². The number of hydrogen-bond donors (Lipinski definition) is 1. The van der Waals surface area contributed by atoms with E-state index < -0.39 is 0 Å². The zero-order valence-electron chi connectivity index (χ0n) is 14.8. The Labute approximate surface area is 155 Å². The van der Waals surface area contributed by atoms with Crippen molar-refractivity contribution in [3.63, 3.8) is 0 Å². The molecule has 4 heterocycles. The molecule has 0 spiro atoms.